The van der Waals surface area contributed by atoms with Gasteiger partial charge < -0.3 is 4.74 Å². The van der Waals surface area contributed by atoms with Crippen LogP contribution in [-0.2, 0) is 4.74 Å². The Labute approximate surface area is 94.3 Å². The van der Waals surface area contributed by atoms with E-state index < -0.39 is 0 Å². The van der Waals surface area contributed by atoms with Crippen LogP contribution in [0, 0.1) is 5.92 Å². The van der Waals surface area contributed by atoms with E-state index in [9.17, 15) is 0 Å². The SMILES string of the molecule is CCCCC(CC)COCC=CCS. The zero-order valence-electron chi connectivity index (χ0n) is 9.54. The number of hydrogen-bond donors (Lipinski definition) is 1. The van der Waals surface area contributed by atoms with Gasteiger partial charge in [0.25, 0.3) is 0 Å². The maximum atomic E-state index is 5.57. The number of thiol groups is 1. The minimum atomic E-state index is 0.739. The van der Waals surface area contributed by atoms with Crippen molar-refractivity contribution >= 4 is 12.6 Å². The quantitative estimate of drug-likeness (QED) is 0.351. The lowest BCUT2D eigenvalue weighted by molar-refractivity contribution is 0.116. The molecule has 0 saturated carbocycles. The predicted molar refractivity (Wildman–Crippen MR) is 67.1 cm³/mol. The molecule has 0 spiro atoms. The van der Waals surface area contributed by atoms with Crippen LogP contribution in [0.15, 0.2) is 12.2 Å². The number of hydrogen-bond acceptors (Lipinski definition) is 2. The lowest BCUT2D eigenvalue weighted by atomic mass is 10.0. The van der Waals surface area contributed by atoms with E-state index in [1.165, 1.54) is 25.7 Å². The van der Waals surface area contributed by atoms with Gasteiger partial charge in [-0.15, -0.1) is 0 Å². The molecule has 2 heteroatoms. The summed E-state index contributed by atoms with van der Waals surface area (Å²) < 4.78 is 5.57. The van der Waals surface area contributed by atoms with E-state index in [2.05, 4.69) is 26.5 Å². The topological polar surface area (TPSA) is 9.23 Å². The summed E-state index contributed by atoms with van der Waals surface area (Å²) in [6.45, 7) is 6.13. The average molecular weight is 216 g/mol. The molecule has 1 nitrogen and oxygen atoms in total. The van der Waals surface area contributed by atoms with Gasteiger partial charge in [-0.25, -0.2) is 0 Å². The molecule has 1 unspecified atom stereocenters. The first kappa shape index (κ1) is 14.1. The van der Waals surface area contributed by atoms with Crippen molar-refractivity contribution in [2.45, 2.75) is 39.5 Å². The lowest BCUT2D eigenvalue weighted by Crippen LogP contribution is -2.08. The second kappa shape index (κ2) is 11.1. The van der Waals surface area contributed by atoms with Gasteiger partial charge >= 0.3 is 0 Å². The molecule has 0 aromatic heterocycles. The Bertz CT molecular complexity index is 134. The van der Waals surface area contributed by atoms with Crippen molar-refractivity contribution in [2.24, 2.45) is 5.92 Å². The predicted octanol–water partition coefficient (Wildman–Crippen LogP) is 3.71. The minimum absolute atomic E-state index is 0.739. The van der Waals surface area contributed by atoms with Gasteiger partial charge in [-0.3, -0.25) is 0 Å². The zero-order valence-corrected chi connectivity index (χ0v) is 10.4. The highest BCUT2D eigenvalue weighted by molar-refractivity contribution is 7.80. The summed E-state index contributed by atoms with van der Waals surface area (Å²) in [6, 6.07) is 0. The molecule has 0 aromatic carbocycles. The molecule has 0 aromatic rings. The van der Waals surface area contributed by atoms with Crippen LogP contribution in [0.1, 0.15) is 39.5 Å². The Kier molecular flexibility index (Phi) is 11.2. The van der Waals surface area contributed by atoms with E-state index in [1.54, 1.807) is 0 Å². The van der Waals surface area contributed by atoms with Gasteiger partial charge in [0.05, 0.1) is 6.61 Å². The Morgan fingerprint density at radius 3 is 2.64 bits per heavy atom. The molecule has 0 amide bonds. The van der Waals surface area contributed by atoms with Gasteiger partial charge in [-0.1, -0.05) is 45.3 Å². The summed E-state index contributed by atoms with van der Waals surface area (Å²) in [7, 11) is 0. The lowest BCUT2D eigenvalue weighted by Gasteiger charge is -2.13. The molecule has 0 N–H and O–H groups in total. The monoisotopic (exact) mass is 216 g/mol. The van der Waals surface area contributed by atoms with Crippen LogP contribution in [0.2, 0.25) is 0 Å². The Balaban J connectivity index is 3.37. The van der Waals surface area contributed by atoms with Gasteiger partial charge in [0, 0.05) is 12.4 Å². The van der Waals surface area contributed by atoms with Crippen molar-refractivity contribution in [1.82, 2.24) is 0 Å². The Morgan fingerprint density at radius 1 is 1.29 bits per heavy atom. The van der Waals surface area contributed by atoms with Crippen molar-refractivity contribution in [3.63, 3.8) is 0 Å². The maximum Gasteiger partial charge on any atom is 0.0647 e. The number of unbranched alkanes of at least 4 members (excludes halogenated alkanes) is 1. The second-order valence-corrected chi connectivity index (χ2v) is 3.97. The van der Waals surface area contributed by atoms with Gasteiger partial charge in [0.1, 0.15) is 0 Å². The molecule has 0 radical (unpaired) electrons. The van der Waals surface area contributed by atoms with Crippen molar-refractivity contribution in [3.8, 4) is 0 Å². The van der Waals surface area contributed by atoms with Crippen molar-refractivity contribution in [1.29, 1.82) is 0 Å². The first-order valence-corrected chi connectivity index (χ1v) is 6.31. The molecular formula is C12H24OS. The maximum absolute atomic E-state index is 5.57. The van der Waals surface area contributed by atoms with Gasteiger partial charge in [-0.2, -0.15) is 12.6 Å². The summed E-state index contributed by atoms with van der Waals surface area (Å²) in [5, 5.41) is 0. The van der Waals surface area contributed by atoms with Crippen LogP contribution in [0.3, 0.4) is 0 Å². The Hall–Kier alpha value is 0.0500. The highest BCUT2D eigenvalue weighted by Gasteiger charge is 2.04. The normalized spacial score (nSPS) is 13.6. The number of ether oxygens (including phenoxy) is 1. The fourth-order valence-electron chi connectivity index (χ4n) is 1.34. The number of rotatable bonds is 9. The van der Waals surface area contributed by atoms with Crippen LogP contribution in [-0.4, -0.2) is 19.0 Å². The minimum Gasteiger partial charge on any atom is -0.377 e. The van der Waals surface area contributed by atoms with Gasteiger partial charge in [0.15, 0.2) is 0 Å². The summed E-state index contributed by atoms with van der Waals surface area (Å²) in [6.07, 6.45) is 9.22. The highest BCUT2D eigenvalue weighted by atomic mass is 32.1. The van der Waals surface area contributed by atoms with E-state index in [0.29, 0.717) is 0 Å². The molecule has 14 heavy (non-hydrogen) atoms. The van der Waals surface area contributed by atoms with Crippen LogP contribution < -0.4 is 0 Å². The summed E-state index contributed by atoms with van der Waals surface area (Å²) >= 11 is 4.09. The summed E-state index contributed by atoms with van der Waals surface area (Å²) in [5.74, 6) is 1.55. The molecule has 0 bridgehead atoms. The van der Waals surface area contributed by atoms with E-state index in [-0.39, 0.29) is 0 Å². The molecular weight excluding hydrogens is 192 g/mol. The fraction of sp³-hybridized carbons (Fsp3) is 0.833. The third-order valence-electron chi connectivity index (χ3n) is 2.38. The van der Waals surface area contributed by atoms with Crippen molar-refractivity contribution < 1.29 is 4.74 Å². The molecule has 0 rings (SSSR count). The fourth-order valence-corrected chi connectivity index (χ4v) is 1.49. The van der Waals surface area contributed by atoms with Crippen LogP contribution in [0.5, 0.6) is 0 Å². The van der Waals surface area contributed by atoms with Crippen LogP contribution >= 0.6 is 12.6 Å². The van der Waals surface area contributed by atoms with Gasteiger partial charge in [-0.05, 0) is 12.3 Å². The first-order chi connectivity index (χ1) is 6.85. The molecule has 0 aliphatic rings. The molecule has 0 aliphatic carbocycles. The van der Waals surface area contributed by atoms with E-state index in [1.807, 2.05) is 12.2 Å². The van der Waals surface area contributed by atoms with E-state index >= 15 is 0 Å². The molecule has 0 heterocycles. The molecule has 0 saturated heterocycles. The second-order valence-electron chi connectivity index (χ2n) is 3.61. The third-order valence-corrected chi connectivity index (χ3v) is 2.59. The average Bonchev–Trinajstić information content (AvgIpc) is 2.22. The summed E-state index contributed by atoms with van der Waals surface area (Å²) in [5.41, 5.74) is 0. The summed E-state index contributed by atoms with van der Waals surface area (Å²) in [4.78, 5) is 0. The van der Waals surface area contributed by atoms with Crippen molar-refractivity contribution in [2.75, 3.05) is 19.0 Å². The van der Waals surface area contributed by atoms with Crippen molar-refractivity contribution in [3.05, 3.63) is 12.2 Å². The largest absolute Gasteiger partial charge is 0.377 e. The van der Waals surface area contributed by atoms with E-state index in [0.717, 1.165) is 24.9 Å². The molecule has 0 fully saturated rings. The van der Waals surface area contributed by atoms with Gasteiger partial charge in [0.2, 0.25) is 0 Å². The van der Waals surface area contributed by atoms with Crippen LogP contribution in [0.4, 0.5) is 0 Å². The molecule has 1 atom stereocenters. The zero-order chi connectivity index (χ0) is 10.6. The van der Waals surface area contributed by atoms with E-state index in [4.69, 9.17) is 4.74 Å². The third kappa shape index (κ3) is 8.64. The standard InChI is InChI=1S/C12H24OS/c1-3-5-8-12(4-2)11-13-9-6-7-10-14/h6-7,12,14H,3-5,8-11H2,1-2H3. The van der Waals surface area contributed by atoms with Crippen LogP contribution in [0.25, 0.3) is 0 Å². The smallest absolute Gasteiger partial charge is 0.0647 e. The first-order valence-electron chi connectivity index (χ1n) is 5.68. The molecule has 84 valence electrons. The highest BCUT2D eigenvalue weighted by Crippen LogP contribution is 2.12. The Morgan fingerprint density at radius 2 is 2.07 bits per heavy atom. The molecule has 0 aliphatic heterocycles.